The summed E-state index contributed by atoms with van der Waals surface area (Å²) in [7, 11) is 0. The molecule has 4 rings (SSSR count). The summed E-state index contributed by atoms with van der Waals surface area (Å²) in [6.45, 7) is 0. The number of fused-ring (bicyclic) bond motifs is 1. The molecule has 0 aliphatic carbocycles. The Balaban J connectivity index is 1.47. The first-order valence-electron chi connectivity index (χ1n) is 11.4. The van der Waals surface area contributed by atoms with Gasteiger partial charge in [-0.1, -0.05) is 18.2 Å². The summed E-state index contributed by atoms with van der Waals surface area (Å²) in [4.78, 5) is 35.7. The average Bonchev–Trinajstić information content (AvgIpc) is 2.89. The molecule has 3 aromatic carbocycles. The highest BCUT2D eigenvalue weighted by Gasteiger charge is 2.38. The molecule has 0 spiro atoms. The Hall–Kier alpha value is -5.39. The lowest BCUT2D eigenvalue weighted by molar-refractivity contribution is -0.160. The van der Waals surface area contributed by atoms with Gasteiger partial charge < -0.3 is 44.8 Å². The van der Waals surface area contributed by atoms with Gasteiger partial charge in [-0.15, -0.1) is 0 Å². The van der Waals surface area contributed by atoms with E-state index < -0.39 is 47.7 Å². The molecule has 39 heavy (non-hydrogen) atoms. The number of rotatable bonds is 8. The van der Waals surface area contributed by atoms with Crippen LogP contribution in [-0.2, 0) is 25.5 Å². The summed E-state index contributed by atoms with van der Waals surface area (Å²) < 4.78 is 16.4. The highest BCUT2D eigenvalue weighted by Crippen LogP contribution is 2.41. The number of aromatic hydroxyl groups is 4. The first-order valence-corrected chi connectivity index (χ1v) is 11.4. The fraction of sp³-hybridized carbons (Fsp3) is 0.148. The van der Waals surface area contributed by atoms with Gasteiger partial charge in [-0.05, 0) is 53.6 Å². The minimum Gasteiger partial charge on any atom is -0.504 e. The van der Waals surface area contributed by atoms with E-state index in [-0.39, 0.29) is 35.0 Å². The van der Waals surface area contributed by atoms with Crippen molar-refractivity contribution in [2.45, 2.75) is 24.7 Å². The number of esters is 1. The van der Waals surface area contributed by atoms with Crippen LogP contribution in [0.15, 0.2) is 60.7 Å². The zero-order valence-electron chi connectivity index (χ0n) is 19.9. The molecule has 1 aliphatic heterocycles. The number of benzene rings is 3. The van der Waals surface area contributed by atoms with E-state index in [0.29, 0.717) is 11.1 Å². The Bertz CT molecular complexity index is 1460. The quantitative estimate of drug-likeness (QED) is 0.139. The maximum Gasteiger partial charge on any atom is 0.349 e. The molecule has 0 saturated heterocycles. The number of carbonyl (C=O) groups is 3. The van der Waals surface area contributed by atoms with Crippen LogP contribution in [0.3, 0.4) is 0 Å². The summed E-state index contributed by atoms with van der Waals surface area (Å²) in [5.41, 5.74) is 0.954. The number of hydrogen-bond donors (Lipinski definition) is 6. The van der Waals surface area contributed by atoms with Crippen molar-refractivity contribution in [3.05, 3.63) is 77.4 Å². The van der Waals surface area contributed by atoms with Crippen LogP contribution in [0, 0.1) is 0 Å². The van der Waals surface area contributed by atoms with E-state index >= 15 is 0 Å². The van der Waals surface area contributed by atoms with Crippen molar-refractivity contribution in [3.63, 3.8) is 0 Å². The standard InChI is InChI=1S/C27H22O12/c28-16-5-1-14(9-18(16)30)11-22(26(33)34)37-23(32)8-3-13-2-7-20-21(10-13)39-25(27(35)36)24(38-20)15-4-6-17(29)19(31)12-15/h1-10,12,22,24-25,28-31H,11H2,(H,33,34)(H,35,36). The molecule has 0 aromatic heterocycles. The second-order valence-corrected chi connectivity index (χ2v) is 8.49. The SMILES string of the molecule is O=C(C=Cc1ccc2c(c1)OC(C(=O)O)C(c1ccc(O)c(O)c1)O2)OC(Cc1ccc(O)c(O)c1)C(=O)O. The van der Waals surface area contributed by atoms with E-state index in [1.165, 1.54) is 54.6 Å². The van der Waals surface area contributed by atoms with Crippen molar-refractivity contribution in [1.29, 1.82) is 0 Å². The number of carboxylic acid groups (broad SMARTS) is 2. The zero-order valence-corrected chi connectivity index (χ0v) is 19.9. The van der Waals surface area contributed by atoms with Gasteiger partial charge in [-0.3, -0.25) is 0 Å². The summed E-state index contributed by atoms with van der Waals surface area (Å²) in [5, 5.41) is 57.3. The number of carbonyl (C=O) groups excluding carboxylic acids is 1. The van der Waals surface area contributed by atoms with Crippen molar-refractivity contribution in [2.75, 3.05) is 0 Å². The Labute approximate surface area is 220 Å². The molecule has 0 bridgehead atoms. The van der Waals surface area contributed by atoms with Crippen molar-refractivity contribution < 1.29 is 59.2 Å². The van der Waals surface area contributed by atoms with E-state index in [0.717, 1.165) is 12.1 Å². The van der Waals surface area contributed by atoms with Crippen LogP contribution < -0.4 is 9.47 Å². The van der Waals surface area contributed by atoms with Gasteiger partial charge in [0.1, 0.15) is 0 Å². The van der Waals surface area contributed by atoms with E-state index in [2.05, 4.69) is 0 Å². The monoisotopic (exact) mass is 538 g/mol. The van der Waals surface area contributed by atoms with Crippen molar-refractivity contribution in [3.8, 4) is 34.5 Å². The number of phenols is 4. The normalized spacial score (nSPS) is 16.9. The molecule has 0 radical (unpaired) electrons. The maximum absolute atomic E-state index is 12.3. The van der Waals surface area contributed by atoms with Crippen LogP contribution in [0.1, 0.15) is 22.8 Å². The maximum atomic E-state index is 12.3. The Morgan fingerprint density at radius 2 is 1.51 bits per heavy atom. The molecule has 0 saturated carbocycles. The molecule has 12 heteroatoms. The van der Waals surface area contributed by atoms with E-state index in [4.69, 9.17) is 14.2 Å². The van der Waals surface area contributed by atoms with Crippen LogP contribution in [-0.4, -0.2) is 60.8 Å². The van der Waals surface area contributed by atoms with Crippen LogP contribution in [0.4, 0.5) is 0 Å². The fourth-order valence-electron chi connectivity index (χ4n) is 3.79. The number of aliphatic carboxylic acids is 2. The molecule has 1 aliphatic rings. The third kappa shape index (κ3) is 6.13. The van der Waals surface area contributed by atoms with Crippen LogP contribution in [0.2, 0.25) is 0 Å². The van der Waals surface area contributed by atoms with Crippen LogP contribution in [0.25, 0.3) is 6.08 Å². The topological polar surface area (TPSA) is 200 Å². The van der Waals surface area contributed by atoms with Crippen LogP contribution in [0.5, 0.6) is 34.5 Å². The molecule has 3 unspecified atom stereocenters. The lowest BCUT2D eigenvalue weighted by Gasteiger charge is -2.32. The fourth-order valence-corrected chi connectivity index (χ4v) is 3.79. The molecule has 3 atom stereocenters. The lowest BCUT2D eigenvalue weighted by atomic mass is 10.0. The van der Waals surface area contributed by atoms with Gasteiger partial charge in [0.2, 0.25) is 12.2 Å². The molecular weight excluding hydrogens is 516 g/mol. The molecule has 12 nitrogen and oxygen atoms in total. The number of hydrogen-bond acceptors (Lipinski definition) is 10. The van der Waals surface area contributed by atoms with Gasteiger partial charge in [-0.25, -0.2) is 14.4 Å². The minimum absolute atomic E-state index is 0.0627. The van der Waals surface area contributed by atoms with Crippen molar-refractivity contribution in [1.82, 2.24) is 0 Å². The second-order valence-electron chi connectivity index (χ2n) is 8.49. The van der Waals surface area contributed by atoms with E-state index in [1.54, 1.807) is 0 Å². The molecule has 3 aromatic rings. The minimum atomic E-state index is -1.57. The Morgan fingerprint density at radius 1 is 0.821 bits per heavy atom. The third-order valence-corrected chi connectivity index (χ3v) is 5.73. The predicted molar refractivity (Wildman–Crippen MR) is 132 cm³/mol. The van der Waals surface area contributed by atoms with Gasteiger partial charge in [0.15, 0.2) is 40.6 Å². The Morgan fingerprint density at radius 3 is 2.15 bits per heavy atom. The van der Waals surface area contributed by atoms with Gasteiger partial charge in [0.05, 0.1) is 0 Å². The molecule has 0 amide bonds. The summed E-state index contributed by atoms with van der Waals surface area (Å²) in [5.74, 6) is -5.15. The van der Waals surface area contributed by atoms with Crippen LogP contribution >= 0.6 is 0 Å². The van der Waals surface area contributed by atoms with Gasteiger partial charge >= 0.3 is 17.9 Å². The largest absolute Gasteiger partial charge is 0.504 e. The lowest BCUT2D eigenvalue weighted by Crippen LogP contribution is -2.39. The number of ether oxygens (including phenoxy) is 3. The number of phenolic OH excluding ortho intramolecular Hbond substituents is 4. The molecule has 6 N–H and O–H groups in total. The molecule has 0 fully saturated rings. The summed E-state index contributed by atoms with van der Waals surface area (Å²) >= 11 is 0. The van der Waals surface area contributed by atoms with E-state index in [1.807, 2.05) is 0 Å². The molecular formula is C27H22O12. The first kappa shape index (κ1) is 26.7. The van der Waals surface area contributed by atoms with Gasteiger partial charge in [0, 0.05) is 18.1 Å². The first-order chi connectivity index (χ1) is 18.5. The second kappa shape index (κ2) is 10.9. The highest BCUT2D eigenvalue weighted by atomic mass is 16.6. The summed E-state index contributed by atoms with van der Waals surface area (Å²) in [6.07, 6.45) is -2.19. The average molecular weight is 538 g/mol. The highest BCUT2D eigenvalue weighted by molar-refractivity contribution is 5.89. The predicted octanol–water partition coefficient (Wildman–Crippen LogP) is 2.73. The number of carboxylic acids is 2. The third-order valence-electron chi connectivity index (χ3n) is 5.73. The molecule has 202 valence electrons. The van der Waals surface area contributed by atoms with Gasteiger partial charge in [-0.2, -0.15) is 0 Å². The molecule has 1 heterocycles. The van der Waals surface area contributed by atoms with Gasteiger partial charge in [0.25, 0.3) is 0 Å². The van der Waals surface area contributed by atoms with Crippen molar-refractivity contribution in [2.24, 2.45) is 0 Å². The Kier molecular flexibility index (Phi) is 7.47. The summed E-state index contributed by atoms with van der Waals surface area (Å²) in [6, 6.07) is 11.9. The smallest absolute Gasteiger partial charge is 0.349 e. The van der Waals surface area contributed by atoms with Crippen molar-refractivity contribution >= 4 is 24.0 Å². The van der Waals surface area contributed by atoms with E-state index in [9.17, 15) is 45.0 Å². The zero-order chi connectivity index (χ0) is 28.3.